The van der Waals surface area contributed by atoms with Crippen molar-refractivity contribution in [2.75, 3.05) is 6.54 Å². The number of para-hydroxylation sites is 1. The van der Waals surface area contributed by atoms with E-state index >= 15 is 0 Å². The third kappa shape index (κ3) is 3.23. The molecule has 2 unspecified atom stereocenters. The molecule has 1 fully saturated rings. The average Bonchev–Trinajstić information content (AvgIpc) is 3.01. The van der Waals surface area contributed by atoms with Gasteiger partial charge in [-0.1, -0.05) is 55.0 Å². The molecule has 2 heteroatoms. The normalized spacial score (nSPS) is 21.7. The molecule has 0 aliphatic carbocycles. The minimum absolute atomic E-state index is 0.703. The number of aromatic amines is 1. The number of piperidine rings is 1. The number of fused-ring (bicyclic) bond motifs is 1. The highest BCUT2D eigenvalue weighted by Gasteiger charge is 2.25. The Bertz CT molecular complexity index is 824. The summed E-state index contributed by atoms with van der Waals surface area (Å²) in [5.74, 6) is 0. The van der Waals surface area contributed by atoms with Crippen molar-refractivity contribution < 1.29 is 0 Å². The van der Waals surface area contributed by atoms with Crippen molar-refractivity contribution in [2.24, 2.45) is 0 Å². The first-order chi connectivity index (χ1) is 12.2. The topological polar surface area (TPSA) is 19.0 Å². The number of H-pyrrole nitrogens is 1. The number of likely N-dealkylation sites (tertiary alicyclic amines) is 1. The lowest BCUT2D eigenvalue weighted by atomic mass is 9.96. The zero-order valence-electron chi connectivity index (χ0n) is 15.3. The van der Waals surface area contributed by atoms with Crippen molar-refractivity contribution >= 4 is 10.9 Å². The minimum atomic E-state index is 0.703. The fourth-order valence-corrected chi connectivity index (χ4v) is 4.47. The highest BCUT2D eigenvalue weighted by molar-refractivity contribution is 5.90. The number of nitrogens with zero attached hydrogens (tertiary/aromatic N) is 1. The smallest absolute Gasteiger partial charge is 0.0497 e. The molecule has 2 atom stereocenters. The van der Waals surface area contributed by atoms with Gasteiger partial charge in [-0.15, -0.1) is 0 Å². The molecule has 1 aromatic heterocycles. The van der Waals surface area contributed by atoms with E-state index in [9.17, 15) is 0 Å². The molecule has 0 spiro atoms. The number of hydrogen-bond donors (Lipinski definition) is 1. The summed E-state index contributed by atoms with van der Waals surface area (Å²) >= 11 is 0. The highest BCUT2D eigenvalue weighted by Crippen LogP contribution is 2.31. The van der Waals surface area contributed by atoms with E-state index < -0.39 is 0 Å². The number of aromatic nitrogens is 1. The third-order valence-corrected chi connectivity index (χ3v) is 5.87. The van der Waals surface area contributed by atoms with Crippen molar-refractivity contribution in [3.63, 3.8) is 0 Å². The van der Waals surface area contributed by atoms with Crippen LogP contribution in [0.3, 0.4) is 0 Å². The molecular formula is C23H28N2. The molecule has 1 aliphatic rings. The SMILES string of the molecule is CC1CCCC(C)N1CCc1c(-c2ccccc2)[nH]c2ccccc12. The summed E-state index contributed by atoms with van der Waals surface area (Å²) in [7, 11) is 0. The van der Waals surface area contributed by atoms with E-state index in [1.165, 1.54) is 47.0 Å². The zero-order chi connectivity index (χ0) is 17.2. The van der Waals surface area contributed by atoms with Crippen LogP contribution in [-0.2, 0) is 6.42 Å². The van der Waals surface area contributed by atoms with Crippen LogP contribution in [0.2, 0.25) is 0 Å². The van der Waals surface area contributed by atoms with E-state index in [0.29, 0.717) is 12.1 Å². The molecule has 3 aromatic rings. The Labute approximate surface area is 150 Å². The van der Waals surface area contributed by atoms with Gasteiger partial charge in [-0.05, 0) is 50.3 Å². The molecule has 0 radical (unpaired) electrons. The summed E-state index contributed by atoms with van der Waals surface area (Å²) in [6.45, 7) is 5.93. The molecule has 2 nitrogen and oxygen atoms in total. The lowest BCUT2D eigenvalue weighted by molar-refractivity contribution is 0.105. The minimum Gasteiger partial charge on any atom is -0.354 e. The zero-order valence-corrected chi connectivity index (χ0v) is 15.3. The molecular weight excluding hydrogens is 304 g/mol. The molecule has 1 saturated heterocycles. The number of hydrogen-bond acceptors (Lipinski definition) is 1. The lowest BCUT2D eigenvalue weighted by Gasteiger charge is -2.39. The first kappa shape index (κ1) is 16.4. The number of nitrogens with one attached hydrogen (secondary N) is 1. The van der Waals surface area contributed by atoms with Gasteiger partial charge in [0.25, 0.3) is 0 Å². The van der Waals surface area contributed by atoms with Crippen LogP contribution < -0.4 is 0 Å². The fourth-order valence-electron chi connectivity index (χ4n) is 4.47. The standard InChI is InChI=1S/C23H28N2/c1-17-9-8-10-18(2)25(17)16-15-21-20-13-6-7-14-22(20)24-23(21)19-11-4-3-5-12-19/h3-7,11-14,17-18,24H,8-10,15-16H2,1-2H3. The Morgan fingerprint density at radius 3 is 2.36 bits per heavy atom. The van der Waals surface area contributed by atoms with Crippen LogP contribution in [0.15, 0.2) is 54.6 Å². The second kappa shape index (κ2) is 7.05. The van der Waals surface area contributed by atoms with Crippen LogP contribution in [0.5, 0.6) is 0 Å². The van der Waals surface area contributed by atoms with Gasteiger partial charge in [-0.25, -0.2) is 0 Å². The Balaban J connectivity index is 1.68. The molecule has 25 heavy (non-hydrogen) atoms. The number of rotatable bonds is 4. The van der Waals surface area contributed by atoms with Gasteiger partial charge in [-0.2, -0.15) is 0 Å². The maximum atomic E-state index is 3.67. The molecule has 0 bridgehead atoms. The van der Waals surface area contributed by atoms with Crippen LogP contribution in [0.4, 0.5) is 0 Å². The van der Waals surface area contributed by atoms with Gasteiger partial charge in [0.1, 0.15) is 0 Å². The monoisotopic (exact) mass is 332 g/mol. The van der Waals surface area contributed by atoms with Gasteiger partial charge >= 0.3 is 0 Å². The van der Waals surface area contributed by atoms with Gasteiger partial charge in [0.2, 0.25) is 0 Å². The molecule has 2 heterocycles. The maximum absolute atomic E-state index is 3.67. The fraction of sp³-hybridized carbons (Fsp3) is 0.391. The Kier molecular flexibility index (Phi) is 4.63. The maximum Gasteiger partial charge on any atom is 0.0497 e. The first-order valence-electron chi connectivity index (χ1n) is 9.65. The highest BCUT2D eigenvalue weighted by atomic mass is 15.2. The van der Waals surface area contributed by atoms with E-state index in [4.69, 9.17) is 0 Å². The van der Waals surface area contributed by atoms with Gasteiger partial charge in [0.15, 0.2) is 0 Å². The van der Waals surface area contributed by atoms with E-state index in [1.54, 1.807) is 0 Å². The number of benzene rings is 2. The molecule has 0 amide bonds. The Hall–Kier alpha value is -2.06. The summed E-state index contributed by atoms with van der Waals surface area (Å²) in [4.78, 5) is 6.38. The van der Waals surface area contributed by atoms with Crippen LogP contribution >= 0.6 is 0 Å². The first-order valence-corrected chi connectivity index (χ1v) is 9.65. The largest absolute Gasteiger partial charge is 0.354 e. The second-order valence-corrected chi connectivity index (χ2v) is 7.51. The van der Waals surface area contributed by atoms with Gasteiger partial charge < -0.3 is 4.98 Å². The molecule has 1 aliphatic heterocycles. The molecule has 2 aromatic carbocycles. The summed E-state index contributed by atoms with van der Waals surface area (Å²) in [5.41, 5.74) is 5.29. The van der Waals surface area contributed by atoms with Crippen molar-refractivity contribution in [3.05, 3.63) is 60.2 Å². The van der Waals surface area contributed by atoms with Gasteiger partial charge in [0.05, 0.1) is 0 Å². The van der Waals surface area contributed by atoms with Crippen LogP contribution in [-0.4, -0.2) is 28.5 Å². The van der Waals surface area contributed by atoms with Crippen LogP contribution in [0.1, 0.15) is 38.7 Å². The molecule has 1 N–H and O–H groups in total. The molecule has 0 saturated carbocycles. The van der Waals surface area contributed by atoms with Gasteiger partial charge in [0, 0.05) is 35.2 Å². The van der Waals surface area contributed by atoms with E-state index in [0.717, 1.165) is 13.0 Å². The molecule has 130 valence electrons. The Morgan fingerprint density at radius 1 is 0.920 bits per heavy atom. The predicted octanol–water partition coefficient (Wildman–Crippen LogP) is 5.64. The van der Waals surface area contributed by atoms with E-state index in [1.807, 2.05) is 0 Å². The predicted molar refractivity (Wildman–Crippen MR) is 107 cm³/mol. The van der Waals surface area contributed by atoms with E-state index in [2.05, 4.69) is 78.3 Å². The second-order valence-electron chi connectivity index (χ2n) is 7.51. The molecule has 4 rings (SSSR count). The summed E-state index contributed by atoms with van der Waals surface area (Å²) in [6.07, 6.45) is 5.15. The van der Waals surface area contributed by atoms with Crippen LogP contribution in [0, 0.1) is 0 Å². The van der Waals surface area contributed by atoms with Crippen molar-refractivity contribution in [2.45, 2.75) is 51.6 Å². The van der Waals surface area contributed by atoms with Gasteiger partial charge in [-0.3, -0.25) is 4.90 Å². The Morgan fingerprint density at radius 2 is 1.60 bits per heavy atom. The lowest BCUT2D eigenvalue weighted by Crippen LogP contribution is -2.44. The van der Waals surface area contributed by atoms with Crippen LogP contribution in [0.25, 0.3) is 22.2 Å². The quantitative estimate of drug-likeness (QED) is 0.655. The third-order valence-electron chi connectivity index (χ3n) is 5.87. The summed E-state index contributed by atoms with van der Waals surface area (Å²) in [6, 6.07) is 20.9. The van der Waals surface area contributed by atoms with Crippen molar-refractivity contribution in [3.8, 4) is 11.3 Å². The average molecular weight is 332 g/mol. The van der Waals surface area contributed by atoms with Crippen molar-refractivity contribution in [1.82, 2.24) is 9.88 Å². The van der Waals surface area contributed by atoms with Crippen molar-refractivity contribution in [1.29, 1.82) is 0 Å². The summed E-state index contributed by atoms with van der Waals surface area (Å²) in [5, 5.41) is 1.37. The summed E-state index contributed by atoms with van der Waals surface area (Å²) < 4.78 is 0. The van der Waals surface area contributed by atoms with E-state index in [-0.39, 0.29) is 0 Å².